The highest BCUT2D eigenvalue weighted by molar-refractivity contribution is 7.71. The molecule has 0 amide bonds. The van der Waals surface area contributed by atoms with Gasteiger partial charge in [-0.05, 0) is 35.4 Å². The van der Waals surface area contributed by atoms with Crippen LogP contribution < -0.4 is 5.01 Å². The van der Waals surface area contributed by atoms with E-state index in [-0.39, 0.29) is 0 Å². The Kier molecular flexibility index (Phi) is 4.75. The second-order valence-corrected chi connectivity index (χ2v) is 6.61. The minimum Gasteiger partial charge on any atom is -0.301 e. The van der Waals surface area contributed by atoms with E-state index >= 15 is 0 Å². The topological polar surface area (TPSA) is 21.1 Å². The van der Waals surface area contributed by atoms with Gasteiger partial charge < -0.3 is 5.01 Å². The van der Waals surface area contributed by atoms with Crippen molar-refractivity contribution in [2.75, 3.05) is 5.01 Å². The van der Waals surface area contributed by atoms with E-state index in [1.165, 1.54) is 11.1 Å². The van der Waals surface area contributed by atoms with Crippen molar-refractivity contribution in [2.45, 2.75) is 13.1 Å². The predicted octanol–water partition coefficient (Wildman–Crippen LogP) is 5.10. The molecule has 0 radical (unpaired) electrons. The van der Waals surface area contributed by atoms with Crippen LogP contribution in [0.15, 0.2) is 91.1 Å². The maximum Gasteiger partial charge on any atom is 0.159 e. The third kappa shape index (κ3) is 3.51. The van der Waals surface area contributed by atoms with Crippen LogP contribution in [-0.4, -0.2) is 9.66 Å². The molecule has 0 aliphatic carbocycles. The zero-order chi connectivity index (χ0) is 17.8. The number of fused-ring (bicyclic) bond motifs is 1. The molecule has 3 nitrogen and oxygen atoms in total. The summed E-state index contributed by atoms with van der Waals surface area (Å²) >= 11 is 5.67. The predicted molar refractivity (Wildman–Crippen MR) is 109 cm³/mol. The van der Waals surface area contributed by atoms with Gasteiger partial charge in [-0.25, -0.2) is 9.66 Å². The van der Waals surface area contributed by atoms with Gasteiger partial charge in [0.15, 0.2) is 5.65 Å². The molecular weight excluding hydrogens is 338 g/mol. The summed E-state index contributed by atoms with van der Waals surface area (Å²) in [5.41, 5.74) is 3.35. The summed E-state index contributed by atoms with van der Waals surface area (Å²) in [6.07, 6.45) is 1.82. The van der Waals surface area contributed by atoms with Gasteiger partial charge in [0.25, 0.3) is 0 Å². The third-order valence-electron chi connectivity index (χ3n) is 4.33. The summed E-state index contributed by atoms with van der Waals surface area (Å²) in [5.74, 6) is 0. The molecule has 2 heterocycles. The number of hydrogen-bond acceptors (Lipinski definition) is 3. The Balaban J connectivity index is 1.82. The van der Waals surface area contributed by atoms with Gasteiger partial charge in [-0.15, -0.1) is 0 Å². The van der Waals surface area contributed by atoms with E-state index in [9.17, 15) is 0 Å². The zero-order valence-electron chi connectivity index (χ0n) is 14.3. The standard InChI is InChI=1S/C22H19N3S/c26-21-14-13-20-12-7-15-23-22(20)25(21)24(16-18-8-3-1-4-9-18)17-19-10-5-2-6-11-19/h1-15H,16-17H2. The molecule has 0 atom stereocenters. The highest BCUT2D eigenvalue weighted by Crippen LogP contribution is 2.16. The number of nitrogens with zero attached hydrogens (tertiary/aromatic N) is 3. The van der Waals surface area contributed by atoms with Gasteiger partial charge in [0.05, 0.1) is 13.1 Å². The fourth-order valence-electron chi connectivity index (χ4n) is 3.11. The minimum absolute atomic E-state index is 0.750. The first kappa shape index (κ1) is 16.5. The maximum absolute atomic E-state index is 5.67. The molecule has 128 valence electrons. The number of benzene rings is 2. The van der Waals surface area contributed by atoms with E-state index in [0.717, 1.165) is 28.8 Å². The van der Waals surface area contributed by atoms with Gasteiger partial charge >= 0.3 is 0 Å². The van der Waals surface area contributed by atoms with Crippen LogP contribution in [-0.2, 0) is 13.1 Å². The van der Waals surface area contributed by atoms with Crippen LogP contribution in [0.3, 0.4) is 0 Å². The normalized spacial score (nSPS) is 10.8. The highest BCUT2D eigenvalue weighted by atomic mass is 32.1. The lowest BCUT2D eigenvalue weighted by atomic mass is 10.2. The number of hydrogen-bond donors (Lipinski definition) is 0. The SMILES string of the molecule is S=c1ccc2cccnc2n1N(Cc1ccccc1)Cc1ccccc1. The van der Waals surface area contributed by atoms with Crippen molar-refractivity contribution >= 4 is 23.3 Å². The van der Waals surface area contributed by atoms with Crippen molar-refractivity contribution in [3.63, 3.8) is 0 Å². The molecule has 4 rings (SSSR count). The van der Waals surface area contributed by atoms with Gasteiger partial charge in [-0.3, -0.25) is 0 Å². The molecule has 0 unspecified atom stereocenters. The van der Waals surface area contributed by atoms with Crippen molar-refractivity contribution in [1.29, 1.82) is 0 Å². The summed E-state index contributed by atoms with van der Waals surface area (Å²) in [5, 5.41) is 3.33. The maximum atomic E-state index is 5.67. The molecule has 0 N–H and O–H groups in total. The van der Waals surface area contributed by atoms with Crippen LogP contribution in [0.1, 0.15) is 11.1 Å². The molecule has 0 aliphatic heterocycles. The van der Waals surface area contributed by atoms with Crippen LogP contribution in [0.2, 0.25) is 0 Å². The summed E-state index contributed by atoms with van der Waals surface area (Å²) in [4.78, 5) is 4.60. The molecule has 2 aromatic carbocycles. The van der Waals surface area contributed by atoms with Crippen LogP contribution in [0, 0.1) is 4.64 Å². The Morgan fingerprint density at radius 2 is 1.35 bits per heavy atom. The van der Waals surface area contributed by atoms with E-state index in [1.54, 1.807) is 0 Å². The molecule has 0 aliphatic rings. The third-order valence-corrected chi connectivity index (χ3v) is 4.64. The second kappa shape index (κ2) is 7.50. The lowest BCUT2D eigenvalue weighted by Gasteiger charge is -2.28. The molecule has 4 heteroatoms. The van der Waals surface area contributed by atoms with E-state index in [1.807, 2.05) is 36.5 Å². The summed E-state index contributed by atoms with van der Waals surface area (Å²) in [6, 6.07) is 28.9. The average molecular weight is 357 g/mol. The van der Waals surface area contributed by atoms with E-state index < -0.39 is 0 Å². The van der Waals surface area contributed by atoms with Gasteiger partial charge in [-0.1, -0.05) is 72.9 Å². The van der Waals surface area contributed by atoms with Crippen molar-refractivity contribution in [3.05, 3.63) is 107 Å². The lowest BCUT2D eigenvalue weighted by Crippen LogP contribution is -2.34. The fraction of sp³-hybridized carbons (Fsp3) is 0.0909. The van der Waals surface area contributed by atoms with E-state index in [0.29, 0.717) is 0 Å². The Hall–Kier alpha value is -2.98. The monoisotopic (exact) mass is 357 g/mol. The first-order valence-electron chi connectivity index (χ1n) is 8.61. The van der Waals surface area contributed by atoms with Crippen LogP contribution in [0.4, 0.5) is 0 Å². The van der Waals surface area contributed by atoms with Crippen molar-refractivity contribution in [1.82, 2.24) is 9.66 Å². The second-order valence-electron chi connectivity index (χ2n) is 6.19. The number of aromatic nitrogens is 2. The molecule has 2 aromatic heterocycles. The Morgan fingerprint density at radius 1 is 0.731 bits per heavy atom. The molecule has 4 aromatic rings. The van der Waals surface area contributed by atoms with Gasteiger partial charge in [0.2, 0.25) is 0 Å². The smallest absolute Gasteiger partial charge is 0.159 e. The average Bonchev–Trinajstić information content (AvgIpc) is 2.69. The largest absolute Gasteiger partial charge is 0.301 e. The Morgan fingerprint density at radius 3 is 1.96 bits per heavy atom. The quantitative estimate of drug-likeness (QED) is 0.464. The summed E-state index contributed by atoms with van der Waals surface area (Å²) in [7, 11) is 0. The first-order chi connectivity index (χ1) is 12.8. The fourth-order valence-corrected chi connectivity index (χ4v) is 3.38. The molecule has 26 heavy (non-hydrogen) atoms. The van der Waals surface area contributed by atoms with Gasteiger partial charge in [0.1, 0.15) is 4.64 Å². The molecule has 0 saturated heterocycles. The zero-order valence-corrected chi connectivity index (χ0v) is 15.1. The number of pyridine rings is 2. The molecule has 0 spiro atoms. The van der Waals surface area contributed by atoms with Crippen molar-refractivity contribution in [2.24, 2.45) is 0 Å². The Bertz CT molecular complexity index is 1020. The Labute approximate surface area is 158 Å². The van der Waals surface area contributed by atoms with Crippen LogP contribution in [0.25, 0.3) is 11.0 Å². The molecule has 0 fully saturated rings. The van der Waals surface area contributed by atoms with E-state index in [2.05, 4.69) is 69.3 Å². The van der Waals surface area contributed by atoms with Crippen LogP contribution in [0.5, 0.6) is 0 Å². The summed E-state index contributed by atoms with van der Waals surface area (Å²) < 4.78 is 2.81. The number of rotatable bonds is 5. The van der Waals surface area contributed by atoms with E-state index in [4.69, 9.17) is 12.2 Å². The van der Waals surface area contributed by atoms with Crippen molar-refractivity contribution < 1.29 is 0 Å². The summed E-state index contributed by atoms with van der Waals surface area (Å²) in [6.45, 7) is 1.50. The molecule has 0 saturated carbocycles. The lowest BCUT2D eigenvalue weighted by molar-refractivity contribution is 0.581. The first-order valence-corrected chi connectivity index (χ1v) is 9.02. The van der Waals surface area contributed by atoms with Gasteiger partial charge in [-0.2, -0.15) is 0 Å². The minimum atomic E-state index is 0.750. The molecular formula is C22H19N3S. The highest BCUT2D eigenvalue weighted by Gasteiger charge is 2.12. The van der Waals surface area contributed by atoms with Crippen molar-refractivity contribution in [3.8, 4) is 0 Å². The van der Waals surface area contributed by atoms with Gasteiger partial charge in [0, 0.05) is 11.6 Å². The molecule has 0 bridgehead atoms. The van der Waals surface area contributed by atoms with Crippen LogP contribution >= 0.6 is 12.2 Å².